The number of piperidine rings is 1. The number of nitrogens with one attached hydrogen (secondary N) is 1. The van der Waals surface area contributed by atoms with E-state index < -0.39 is 0 Å². The van der Waals surface area contributed by atoms with Crippen molar-refractivity contribution >= 4 is 48.6 Å². The monoisotopic (exact) mass is 457 g/mol. The number of likely N-dealkylation sites (tertiary alicyclic amines) is 1. The van der Waals surface area contributed by atoms with Crippen molar-refractivity contribution in [3.8, 4) is 5.75 Å². The lowest BCUT2D eigenvalue weighted by molar-refractivity contribution is -0.00500. The quantitative estimate of drug-likeness (QED) is 0.528. The van der Waals surface area contributed by atoms with E-state index in [9.17, 15) is 4.79 Å². The van der Waals surface area contributed by atoms with Gasteiger partial charge >= 0.3 is 6.03 Å². The summed E-state index contributed by atoms with van der Waals surface area (Å²) < 4.78 is 8.55. The number of carbonyl (C=O) groups is 1. The van der Waals surface area contributed by atoms with Crippen LogP contribution in [0.4, 0.5) is 9.93 Å². The fraction of sp³-hybridized carbons (Fsp3) is 0.333. The number of carbonyl (C=O) groups excluding carboxylic acids is 1. The van der Waals surface area contributed by atoms with Gasteiger partial charge in [0.2, 0.25) is 0 Å². The van der Waals surface area contributed by atoms with Gasteiger partial charge in [-0.3, -0.25) is 5.32 Å². The summed E-state index contributed by atoms with van der Waals surface area (Å²) in [5, 5.41) is 3.61. The van der Waals surface area contributed by atoms with Gasteiger partial charge in [-0.15, -0.1) is 0 Å². The number of nitrogens with zero attached hydrogens (tertiary/aromatic N) is 2. The zero-order valence-corrected chi connectivity index (χ0v) is 17.7. The van der Waals surface area contributed by atoms with E-state index in [2.05, 4.69) is 38.4 Å². The summed E-state index contributed by atoms with van der Waals surface area (Å²) in [6, 6.07) is 14.1. The minimum atomic E-state index is -0.163. The normalized spacial score (nSPS) is 18.0. The number of amides is 2. The van der Waals surface area contributed by atoms with Crippen molar-refractivity contribution in [2.24, 2.45) is 0 Å². The smallest absolute Gasteiger partial charge is 0.323 e. The molecule has 3 heterocycles. The number of hydrogen-bond donors (Lipinski definition) is 1. The molecule has 1 fully saturated rings. The van der Waals surface area contributed by atoms with Gasteiger partial charge < -0.3 is 9.64 Å². The average Bonchev–Trinajstić information content (AvgIpc) is 3.11. The van der Waals surface area contributed by atoms with Gasteiger partial charge in [0.1, 0.15) is 11.4 Å². The molecule has 2 aliphatic heterocycles. The lowest BCUT2D eigenvalue weighted by Gasteiger charge is -2.44. The van der Waals surface area contributed by atoms with Gasteiger partial charge in [-0.05, 0) is 52.5 Å². The molecule has 1 aromatic heterocycles. The second kappa shape index (κ2) is 7.04. The summed E-state index contributed by atoms with van der Waals surface area (Å²) in [5.74, 6) is 0.973. The van der Waals surface area contributed by atoms with Gasteiger partial charge in [0, 0.05) is 25.9 Å². The highest BCUT2D eigenvalue weighted by atomic mass is 79.9. The van der Waals surface area contributed by atoms with E-state index in [1.54, 1.807) is 0 Å². The van der Waals surface area contributed by atoms with Gasteiger partial charge in [0.15, 0.2) is 5.13 Å². The van der Waals surface area contributed by atoms with Crippen LogP contribution in [0.1, 0.15) is 24.8 Å². The lowest BCUT2D eigenvalue weighted by atomic mass is 9.83. The molecule has 2 aromatic carbocycles. The minimum Gasteiger partial charge on any atom is -0.486 e. The highest BCUT2D eigenvalue weighted by molar-refractivity contribution is 9.10. The third-order valence-corrected chi connectivity index (χ3v) is 7.26. The van der Waals surface area contributed by atoms with Crippen LogP contribution < -0.4 is 10.1 Å². The van der Waals surface area contributed by atoms with Crippen LogP contribution >= 0.6 is 27.3 Å². The van der Waals surface area contributed by atoms with Crippen LogP contribution in [-0.2, 0) is 6.42 Å². The number of aryl methyl sites for hydroxylation is 1. The van der Waals surface area contributed by atoms with E-state index in [1.165, 1.54) is 16.9 Å². The van der Waals surface area contributed by atoms with E-state index in [4.69, 9.17) is 4.74 Å². The summed E-state index contributed by atoms with van der Waals surface area (Å²) in [7, 11) is 0. The van der Waals surface area contributed by atoms with Crippen molar-refractivity contribution in [1.29, 1.82) is 0 Å². The van der Waals surface area contributed by atoms with Crippen LogP contribution in [0.5, 0.6) is 5.75 Å². The minimum absolute atomic E-state index is 0.0775. The van der Waals surface area contributed by atoms with Gasteiger partial charge in [-0.2, -0.15) is 0 Å². The summed E-state index contributed by atoms with van der Waals surface area (Å²) in [6.07, 6.45) is 3.72. The number of urea groups is 1. The number of fused-ring (bicyclic) bond motifs is 2. The Labute approximate surface area is 175 Å². The maximum absolute atomic E-state index is 12.7. The van der Waals surface area contributed by atoms with E-state index in [0.29, 0.717) is 18.2 Å². The molecule has 0 atom stereocenters. The Kier molecular flexibility index (Phi) is 4.51. The van der Waals surface area contributed by atoms with Crippen molar-refractivity contribution in [2.75, 3.05) is 18.4 Å². The molecular weight excluding hydrogens is 438 g/mol. The van der Waals surface area contributed by atoms with Crippen LogP contribution in [0.3, 0.4) is 0 Å². The topological polar surface area (TPSA) is 54.5 Å². The number of benzene rings is 2. The first-order valence-corrected chi connectivity index (χ1v) is 11.1. The van der Waals surface area contributed by atoms with Crippen molar-refractivity contribution in [3.63, 3.8) is 0 Å². The molecule has 28 heavy (non-hydrogen) atoms. The molecule has 0 saturated carbocycles. The van der Waals surface area contributed by atoms with E-state index in [0.717, 1.165) is 46.1 Å². The van der Waals surface area contributed by atoms with Crippen LogP contribution in [0.15, 0.2) is 46.9 Å². The Balaban J connectivity index is 1.24. The molecule has 0 bridgehead atoms. The third kappa shape index (κ3) is 3.26. The fourth-order valence-corrected chi connectivity index (χ4v) is 5.40. The number of ether oxygens (including phenoxy) is 1. The van der Waals surface area contributed by atoms with E-state index >= 15 is 0 Å². The SMILES string of the molecule is O=C(Nc1nc2ccccc2s1)N1CCC2(CCc3cccc(Br)c3O2)CC1. The first-order chi connectivity index (χ1) is 13.6. The first kappa shape index (κ1) is 17.9. The predicted molar refractivity (Wildman–Crippen MR) is 115 cm³/mol. The largest absolute Gasteiger partial charge is 0.486 e. The molecule has 144 valence electrons. The summed E-state index contributed by atoms with van der Waals surface area (Å²) >= 11 is 5.12. The van der Waals surface area contributed by atoms with Crippen molar-refractivity contribution in [2.45, 2.75) is 31.3 Å². The number of halogens is 1. The van der Waals surface area contributed by atoms with Crippen LogP contribution in [0.25, 0.3) is 10.2 Å². The first-order valence-electron chi connectivity index (χ1n) is 9.50. The van der Waals surface area contributed by atoms with E-state index in [1.807, 2.05) is 35.2 Å². The second-order valence-electron chi connectivity index (χ2n) is 7.42. The molecule has 7 heteroatoms. The number of anilines is 1. The number of thiazole rings is 1. The van der Waals surface area contributed by atoms with Gasteiger partial charge in [0.05, 0.1) is 14.7 Å². The van der Waals surface area contributed by atoms with Crippen molar-refractivity contribution in [3.05, 3.63) is 52.5 Å². The highest BCUT2D eigenvalue weighted by Crippen LogP contribution is 2.42. The van der Waals surface area contributed by atoms with Gasteiger partial charge in [0.25, 0.3) is 0 Å². The Hall–Kier alpha value is -2.12. The zero-order valence-electron chi connectivity index (χ0n) is 15.3. The highest BCUT2D eigenvalue weighted by Gasteiger charge is 2.41. The Morgan fingerprint density at radius 1 is 1.14 bits per heavy atom. The summed E-state index contributed by atoms with van der Waals surface area (Å²) in [6.45, 7) is 1.38. The zero-order chi connectivity index (χ0) is 19.1. The van der Waals surface area contributed by atoms with Crippen molar-refractivity contribution < 1.29 is 9.53 Å². The molecule has 0 aliphatic carbocycles. The lowest BCUT2D eigenvalue weighted by Crippen LogP contribution is -2.52. The molecule has 2 amide bonds. The molecule has 5 rings (SSSR count). The Bertz CT molecular complexity index is 1010. The Morgan fingerprint density at radius 2 is 1.96 bits per heavy atom. The molecule has 3 aromatic rings. The third-order valence-electron chi connectivity index (χ3n) is 5.69. The summed E-state index contributed by atoms with van der Waals surface area (Å²) in [4.78, 5) is 19.1. The molecule has 0 radical (unpaired) electrons. The van der Waals surface area contributed by atoms with Gasteiger partial charge in [-0.25, -0.2) is 9.78 Å². The Morgan fingerprint density at radius 3 is 2.79 bits per heavy atom. The van der Waals surface area contributed by atoms with E-state index in [-0.39, 0.29) is 11.6 Å². The molecule has 1 saturated heterocycles. The van der Waals surface area contributed by atoms with Crippen LogP contribution in [-0.4, -0.2) is 34.6 Å². The molecule has 1 N–H and O–H groups in total. The number of aromatic nitrogens is 1. The predicted octanol–water partition coefficient (Wildman–Crippen LogP) is 5.45. The average molecular weight is 458 g/mol. The van der Waals surface area contributed by atoms with Crippen LogP contribution in [0.2, 0.25) is 0 Å². The standard InChI is InChI=1S/C21H20BrN3O2S/c22-15-5-3-4-14-8-9-21(27-18(14)15)10-12-25(13-11-21)20(26)24-19-23-16-6-1-2-7-17(16)28-19/h1-7H,8-13H2,(H,23,24,26). The molecule has 1 spiro atoms. The van der Waals surface area contributed by atoms with Crippen LogP contribution in [0, 0.1) is 0 Å². The summed E-state index contributed by atoms with van der Waals surface area (Å²) in [5.41, 5.74) is 2.01. The second-order valence-corrected chi connectivity index (χ2v) is 9.30. The maximum atomic E-state index is 12.7. The molecule has 2 aliphatic rings. The fourth-order valence-electron chi connectivity index (χ4n) is 4.06. The van der Waals surface area contributed by atoms with Gasteiger partial charge in [-0.1, -0.05) is 35.6 Å². The maximum Gasteiger partial charge on any atom is 0.323 e. The van der Waals surface area contributed by atoms with Crippen molar-refractivity contribution in [1.82, 2.24) is 9.88 Å². The molecular formula is C21H20BrN3O2S. The number of hydrogen-bond acceptors (Lipinski definition) is 4. The number of para-hydroxylation sites is 2. The molecule has 0 unspecified atom stereocenters. The number of rotatable bonds is 1. The molecule has 5 nitrogen and oxygen atoms in total.